The number of hydrogen-bond donors (Lipinski definition) is 0. The van der Waals surface area contributed by atoms with E-state index in [0.717, 1.165) is 49.1 Å². The van der Waals surface area contributed by atoms with Gasteiger partial charge in [-0.15, -0.1) is 0 Å². The van der Waals surface area contributed by atoms with E-state index in [0.29, 0.717) is 6.42 Å². The number of Topliss-reactive ketones (excluding diaryl/α,β-unsaturated/α-hetero) is 1. The molecule has 1 aliphatic heterocycles. The summed E-state index contributed by atoms with van der Waals surface area (Å²) in [6, 6.07) is 15.1. The minimum atomic E-state index is -4.34. The third kappa shape index (κ3) is 3.47. The third-order valence-corrected chi connectivity index (χ3v) is 5.91. The molecule has 4 rings (SSSR count). The third-order valence-electron chi connectivity index (χ3n) is 5.91. The lowest BCUT2D eigenvalue weighted by atomic mass is 9.74. The molecular formula is C22H22F3NO. The highest BCUT2D eigenvalue weighted by Crippen LogP contribution is 2.44. The van der Waals surface area contributed by atoms with E-state index in [1.165, 1.54) is 0 Å². The lowest BCUT2D eigenvalue weighted by Gasteiger charge is -2.49. The Morgan fingerprint density at radius 2 is 1.56 bits per heavy atom. The zero-order valence-electron chi connectivity index (χ0n) is 15.0. The fraction of sp³-hybridized carbons (Fsp3) is 0.409. The first kappa shape index (κ1) is 18.1. The monoisotopic (exact) mass is 373 g/mol. The highest BCUT2D eigenvalue weighted by molar-refractivity contribution is 5.85. The predicted octanol–water partition coefficient (Wildman–Crippen LogP) is 5.78. The number of hydrogen-bond acceptors (Lipinski definition) is 2. The Hall–Kier alpha value is -2.30. The first-order chi connectivity index (χ1) is 12.9. The average Bonchev–Trinajstić information content (AvgIpc) is 2.68. The van der Waals surface area contributed by atoms with Crippen LogP contribution in [0.15, 0.2) is 54.6 Å². The van der Waals surface area contributed by atoms with E-state index in [1.54, 1.807) is 12.1 Å². The van der Waals surface area contributed by atoms with Gasteiger partial charge in [0.15, 0.2) is 0 Å². The molecular weight excluding hydrogens is 351 g/mol. The molecule has 0 amide bonds. The Labute approximate surface area is 157 Å². The molecule has 0 radical (unpaired) electrons. The molecule has 2 nitrogen and oxygen atoms in total. The van der Waals surface area contributed by atoms with Crippen molar-refractivity contribution in [2.45, 2.75) is 50.4 Å². The summed E-state index contributed by atoms with van der Waals surface area (Å²) < 4.78 is 38.9. The van der Waals surface area contributed by atoms with E-state index in [-0.39, 0.29) is 23.8 Å². The predicted molar refractivity (Wildman–Crippen MR) is 98.5 cm³/mol. The number of fused-ring (bicyclic) bond motifs is 1. The summed E-state index contributed by atoms with van der Waals surface area (Å²) in [6.07, 6.45) is -0.0610. The molecule has 5 heteroatoms. The Kier molecular flexibility index (Phi) is 4.70. The van der Waals surface area contributed by atoms with Crippen LogP contribution in [0.1, 0.15) is 49.3 Å². The van der Waals surface area contributed by atoms with E-state index < -0.39 is 11.7 Å². The van der Waals surface area contributed by atoms with Gasteiger partial charge in [-0.2, -0.15) is 13.2 Å². The normalized spacial score (nSPS) is 26.0. The van der Waals surface area contributed by atoms with Gasteiger partial charge < -0.3 is 4.90 Å². The van der Waals surface area contributed by atoms with E-state index in [9.17, 15) is 18.0 Å². The Morgan fingerprint density at radius 1 is 0.889 bits per heavy atom. The van der Waals surface area contributed by atoms with Gasteiger partial charge in [-0.1, -0.05) is 43.2 Å². The first-order valence-electron chi connectivity index (χ1n) is 9.48. The fourth-order valence-corrected chi connectivity index (χ4v) is 4.64. The molecule has 1 saturated carbocycles. The van der Waals surface area contributed by atoms with Gasteiger partial charge in [-0.05, 0) is 42.7 Å². The summed E-state index contributed by atoms with van der Waals surface area (Å²) in [5.41, 5.74) is 1.16. The minimum Gasteiger partial charge on any atom is -0.360 e. The van der Waals surface area contributed by atoms with Crippen LogP contribution in [0.5, 0.6) is 0 Å². The Bertz CT molecular complexity index is 801. The van der Waals surface area contributed by atoms with Crippen LogP contribution in [0.25, 0.3) is 0 Å². The number of ketones is 1. The van der Waals surface area contributed by atoms with Crippen molar-refractivity contribution in [1.29, 1.82) is 0 Å². The lowest BCUT2D eigenvalue weighted by molar-refractivity contribution is -0.137. The van der Waals surface area contributed by atoms with Gasteiger partial charge in [0, 0.05) is 24.1 Å². The van der Waals surface area contributed by atoms with Gasteiger partial charge in [-0.3, -0.25) is 4.79 Å². The summed E-state index contributed by atoms with van der Waals surface area (Å²) in [5, 5.41) is 0. The highest BCUT2D eigenvalue weighted by Gasteiger charge is 2.44. The van der Waals surface area contributed by atoms with Crippen molar-refractivity contribution < 1.29 is 18.0 Å². The number of nitrogens with zero attached hydrogens (tertiary/aromatic N) is 1. The number of piperidine rings is 1. The maximum absolute atomic E-state index is 13.0. The fourth-order valence-electron chi connectivity index (χ4n) is 4.64. The van der Waals surface area contributed by atoms with Crippen molar-refractivity contribution in [1.82, 2.24) is 0 Å². The van der Waals surface area contributed by atoms with E-state index >= 15 is 0 Å². The summed E-state index contributed by atoms with van der Waals surface area (Å²) in [5.74, 6) is 0.276. The summed E-state index contributed by atoms with van der Waals surface area (Å²) in [4.78, 5) is 15.0. The standard InChI is InChI=1S/C22H22F3NO/c23-22(24,25)16-10-12-17(13-11-16)26-19-9-5-4-8-18(19)21(27)14-20(26)15-6-2-1-3-7-15/h1-3,6-7,10-13,18-20H,4-5,8-9,14H2/t18-,19+,20-/m0/s1. The first-order valence-corrected chi connectivity index (χ1v) is 9.48. The number of carbonyl (C=O) groups is 1. The van der Waals surface area contributed by atoms with Crippen LogP contribution in [-0.2, 0) is 11.0 Å². The molecule has 2 aliphatic rings. The molecule has 27 heavy (non-hydrogen) atoms. The molecule has 0 bridgehead atoms. The largest absolute Gasteiger partial charge is 0.416 e. The van der Waals surface area contributed by atoms with Crippen LogP contribution in [-0.4, -0.2) is 11.8 Å². The molecule has 0 N–H and O–H groups in total. The number of carbonyl (C=O) groups excluding carboxylic acids is 1. The molecule has 0 aromatic heterocycles. The van der Waals surface area contributed by atoms with Crippen molar-refractivity contribution in [3.63, 3.8) is 0 Å². The Balaban J connectivity index is 1.75. The minimum absolute atomic E-state index is 0.0130. The zero-order valence-corrected chi connectivity index (χ0v) is 15.0. The van der Waals surface area contributed by atoms with Gasteiger partial charge in [0.25, 0.3) is 0 Å². The van der Waals surface area contributed by atoms with Crippen LogP contribution in [0.3, 0.4) is 0 Å². The average molecular weight is 373 g/mol. The summed E-state index contributed by atoms with van der Waals surface area (Å²) >= 11 is 0. The van der Waals surface area contributed by atoms with Crippen LogP contribution in [0, 0.1) is 5.92 Å². The lowest BCUT2D eigenvalue weighted by Crippen LogP contribution is -2.52. The van der Waals surface area contributed by atoms with Crippen molar-refractivity contribution in [3.8, 4) is 0 Å². The SMILES string of the molecule is O=C1C[C@@H](c2ccccc2)N(c2ccc(C(F)(F)F)cc2)[C@@H]2CCCC[C@H]12. The molecule has 0 unspecified atom stereocenters. The second kappa shape index (κ2) is 7.02. The zero-order chi connectivity index (χ0) is 19.0. The topological polar surface area (TPSA) is 20.3 Å². The molecule has 2 fully saturated rings. The van der Waals surface area contributed by atoms with Crippen molar-refractivity contribution >= 4 is 11.5 Å². The van der Waals surface area contributed by atoms with Gasteiger partial charge in [-0.25, -0.2) is 0 Å². The van der Waals surface area contributed by atoms with Crippen LogP contribution in [0.4, 0.5) is 18.9 Å². The van der Waals surface area contributed by atoms with E-state index in [4.69, 9.17) is 0 Å². The van der Waals surface area contributed by atoms with Gasteiger partial charge >= 0.3 is 6.18 Å². The molecule has 2 aromatic rings. The second-order valence-corrected chi connectivity index (χ2v) is 7.51. The second-order valence-electron chi connectivity index (χ2n) is 7.51. The maximum atomic E-state index is 13.0. The number of benzene rings is 2. The highest BCUT2D eigenvalue weighted by atomic mass is 19.4. The molecule has 0 spiro atoms. The molecule has 1 saturated heterocycles. The van der Waals surface area contributed by atoms with Crippen molar-refractivity contribution in [2.24, 2.45) is 5.92 Å². The summed E-state index contributed by atoms with van der Waals surface area (Å²) in [7, 11) is 0. The number of halogens is 3. The number of anilines is 1. The summed E-state index contributed by atoms with van der Waals surface area (Å²) in [6.45, 7) is 0. The van der Waals surface area contributed by atoms with Crippen molar-refractivity contribution in [3.05, 3.63) is 65.7 Å². The molecule has 3 atom stereocenters. The molecule has 1 aliphatic carbocycles. The number of rotatable bonds is 2. The van der Waals surface area contributed by atoms with Gasteiger partial charge in [0.1, 0.15) is 5.78 Å². The maximum Gasteiger partial charge on any atom is 0.416 e. The smallest absolute Gasteiger partial charge is 0.360 e. The number of alkyl halides is 3. The van der Waals surface area contributed by atoms with E-state index in [1.807, 2.05) is 30.3 Å². The van der Waals surface area contributed by atoms with Crippen molar-refractivity contribution in [2.75, 3.05) is 4.90 Å². The molecule has 2 aromatic carbocycles. The molecule has 142 valence electrons. The van der Waals surface area contributed by atoms with Crippen LogP contribution >= 0.6 is 0 Å². The Morgan fingerprint density at radius 3 is 2.22 bits per heavy atom. The van der Waals surface area contributed by atoms with Gasteiger partial charge in [0.2, 0.25) is 0 Å². The van der Waals surface area contributed by atoms with E-state index in [2.05, 4.69) is 4.90 Å². The van der Waals surface area contributed by atoms with Crippen LogP contribution < -0.4 is 4.90 Å². The quantitative estimate of drug-likeness (QED) is 0.665. The van der Waals surface area contributed by atoms with Gasteiger partial charge in [0.05, 0.1) is 11.6 Å². The van der Waals surface area contributed by atoms with Crippen LogP contribution in [0.2, 0.25) is 0 Å². The molecule has 1 heterocycles.